The summed E-state index contributed by atoms with van der Waals surface area (Å²) in [6.45, 7) is -2.75. The van der Waals surface area contributed by atoms with E-state index >= 15 is 0 Å². The van der Waals surface area contributed by atoms with Crippen molar-refractivity contribution in [3.05, 3.63) is 41.7 Å². The van der Waals surface area contributed by atoms with E-state index in [2.05, 4.69) is 9.72 Å². The maximum absolute atomic E-state index is 11.4. The van der Waals surface area contributed by atoms with Crippen LogP contribution in [0.15, 0.2) is 34.6 Å². The fourth-order valence-corrected chi connectivity index (χ4v) is 1.14. The molecule has 0 amide bonds. The fourth-order valence-electron chi connectivity index (χ4n) is 1.14. The number of hydrogen-bond donors (Lipinski definition) is 0. The third-order valence-corrected chi connectivity index (χ3v) is 1.95. The average Bonchev–Trinajstić information content (AvgIpc) is 2.94. The van der Waals surface area contributed by atoms with Gasteiger partial charge in [0.1, 0.15) is 5.76 Å². The number of methoxy groups -OCH3 is 1. The number of aryl methyl sites for hydroxylation is 1. The van der Waals surface area contributed by atoms with Crippen molar-refractivity contribution >= 4 is 5.97 Å². The SMILES string of the molecule is [2H]c1c([2H])c([2H])c(-c2nc(CC(=O)OC)c(C([2H])([2H])[2H])o2)c([2H])c1[2H]. The lowest BCUT2D eigenvalue weighted by Gasteiger charge is -1.94. The predicted octanol–water partition coefficient (Wildman–Crippen LogP) is 2.37. The molecule has 4 nitrogen and oxygen atoms in total. The molecule has 4 heteroatoms. The summed E-state index contributed by atoms with van der Waals surface area (Å²) in [6.07, 6.45) is -0.494. The Kier molecular flexibility index (Phi) is 1.43. The van der Waals surface area contributed by atoms with Crippen LogP contribution in [0.25, 0.3) is 11.5 Å². The Morgan fingerprint density at radius 1 is 1.53 bits per heavy atom. The Labute approximate surface area is 110 Å². The normalized spacial score (nSPS) is 17.7. The molecule has 0 bridgehead atoms. The van der Waals surface area contributed by atoms with Crippen LogP contribution >= 0.6 is 0 Å². The van der Waals surface area contributed by atoms with Crippen LogP contribution in [0.1, 0.15) is 22.4 Å². The molecule has 0 fully saturated rings. The predicted molar refractivity (Wildman–Crippen MR) is 62.4 cm³/mol. The van der Waals surface area contributed by atoms with Gasteiger partial charge in [-0.25, -0.2) is 4.98 Å². The van der Waals surface area contributed by atoms with Crippen molar-refractivity contribution in [1.29, 1.82) is 0 Å². The highest BCUT2D eigenvalue weighted by Crippen LogP contribution is 2.21. The Bertz CT molecular complexity index is 814. The summed E-state index contributed by atoms with van der Waals surface area (Å²) in [5.74, 6) is -1.83. The van der Waals surface area contributed by atoms with Crippen LogP contribution in [0.5, 0.6) is 0 Å². The van der Waals surface area contributed by atoms with Crippen molar-refractivity contribution in [3.63, 3.8) is 0 Å². The van der Waals surface area contributed by atoms with Gasteiger partial charge in [-0.2, -0.15) is 0 Å². The highest BCUT2D eigenvalue weighted by molar-refractivity contribution is 5.72. The summed E-state index contributed by atoms with van der Waals surface area (Å²) in [4.78, 5) is 15.3. The van der Waals surface area contributed by atoms with Crippen molar-refractivity contribution in [2.45, 2.75) is 13.3 Å². The third-order valence-electron chi connectivity index (χ3n) is 1.95. The maximum atomic E-state index is 11.4. The van der Waals surface area contributed by atoms with Gasteiger partial charge in [-0.05, 0) is 18.9 Å². The molecule has 1 aromatic heterocycles. The van der Waals surface area contributed by atoms with E-state index in [9.17, 15) is 4.79 Å². The molecule has 17 heavy (non-hydrogen) atoms. The van der Waals surface area contributed by atoms with Gasteiger partial charge in [-0.15, -0.1) is 0 Å². The molecule has 1 aromatic carbocycles. The largest absolute Gasteiger partial charge is 0.469 e. The molecule has 0 N–H and O–H groups in total. The van der Waals surface area contributed by atoms with E-state index < -0.39 is 61.1 Å². The number of rotatable bonds is 3. The molecule has 0 spiro atoms. The monoisotopic (exact) mass is 239 g/mol. The molecule has 88 valence electrons. The van der Waals surface area contributed by atoms with E-state index in [1.807, 2.05) is 0 Å². The van der Waals surface area contributed by atoms with Gasteiger partial charge in [0.25, 0.3) is 0 Å². The van der Waals surface area contributed by atoms with Crippen LogP contribution in [-0.4, -0.2) is 18.1 Å². The van der Waals surface area contributed by atoms with Crippen molar-refractivity contribution in [1.82, 2.24) is 4.98 Å². The minimum absolute atomic E-state index is 0.242. The summed E-state index contributed by atoms with van der Waals surface area (Å²) in [6, 6.07) is -3.00. The van der Waals surface area contributed by atoms with Gasteiger partial charge in [0.05, 0.1) is 26.1 Å². The molecule has 0 aliphatic rings. The number of ether oxygens (including phenoxy) is 1. The fraction of sp³-hybridized carbons (Fsp3) is 0.231. The molecule has 0 radical (unpaired) electrons. The second kappa shape index (κ2) is 4.82. The van der Waals surface area contributed by atoms with Gasteiger partial charge >= 0.3 is 5.97 Å². The lowest BCUT2D eigenvalue weighted by atomic mass is 10.2. The Morgan fingerprint density at radius 3 is 2.94 bits per heavy atom. The minimum atomic E-state index is -2.75. The first kappa shape index (κ1) is 5.04. The molecular weight excluding hydrogens is 218 g/mol. The molecule has 0 aliphatic carbocycles. The van der Waals surface area contributed by atoms with Gasteiger partial charge < -0.3 is 9.15 Å². The molecular formula is C13H13NO3. The molecule has 2 rings (SSSR count). The number of aromatic nitrogens is 1. The highest BCUT2D eigenvalue weighted by atomic mass is 16.5. The Hall–Kier alpha value is -2.10. The van der Waals surface area contributed by atoms with Gasteiger partial charge in [0.2, 0.25) is 5.89 Å². The smallest absolute Gasteiger partial charge is 0.311 e. The zero-order valence-corrected chi connectivity index (χ0v) is 8.88. The number of carbonyl (C=O) groups is 1. The summed E-state index contributed by atoms with van der Waals surface area (Å²) >= 11 is 0. The molecule has 0 saturated carbocycles. The van der Waals surface area contributed by atoms with E-state index in [0.717, 1.165) is 7.11 Å². The zero-order valence-electron chi connectivity index (χ0n) is 16.9. The van der Waals surface area contributed by atoms with E-state index in [0.29, 0.717) is 0 Å². The van der Waals surface area contributed by atoms with Gasteiger partial charge in [-0.3, -0.25) is 4.79 Å². The van der Waals surface area contributed by atoms with Gasteiger partial charge in [-0.1, -0.05) is 18.1 Å². The molecule has 0 saturated heterocycles. The molecule has 0 unspecified atom stereocenters. The summed E-state index contributed by atoms with van der Waals surface area (Å²) in [7, 11) is 1.12. The number of benzene rings is 1. The number of hydrogen-bond acceptors (Lipinski definition) is 4. The molecule has 2 aromatic rings. The van der Waals surface area contributed by atoms with Crippen LogP contribution in [-0.2, 0) is 16.0 Å². The molecule has 0 aliphatic heterocycles. The molecule has 0 atom stereocenters. The maximum Gasteiger partial charge on any atom is 0.311 e. The van der Waals surface area contributed by atoms with Gasteiger partial charge in [0, 0.05) is 9.68 Å². The lowest BCUT2D eigenvalue weighted by Crippen LogP contribution is -2.05. The number of carbonyl (C=O) groups excluding carboxylic acids is 1. The highest BCUT2D eigenvalue weighted by Gasteiger charge is 2.14. The number of nitrogens with zero attached hydrogens (tertiary/aromatic N) is 1. The minimum Gasteiger partial charge on any atom is -0.469 e. The van der Waals surface area contributed by atoms with Crippen LogP contribution in [0, 0.1) is 6.85 Å². The van der Waals surface area contributed by atoms with Crippen molar-refractivity contribution < 1.29 is 24.9 Å². The first-order valence-corrected chi connectivity index (χ1v) is 4.63. The first-order chi connectivity index (χ1) is 11.5. The van der Waals surface area contributed by atoms with Crippen molar-refractivity contribution in [2.24, 2.45) is 0 Å². The summed E-state index contributed by atoms with van der Waals surface area (Å²) in [5.41, 5.74) is -0.624. The number of oxazole rings is 1. The van der Waals surface area contributed by atoms with Crippen LogP contribution in [0.2, 0.25) is 0 Å². The second-order valence-corrected chi connectivity index (χ2v) is 3.05. The van der Waals surface area contributed by atoms with Crippen LogP contribution in [0.4, 0.5) is 0 Å². The van der Waals surface area contributed by atoms with E-state index in [-0.39, 0.29) is 11.3 Å². The zero-order chi connectivity index (χ0) is 19.1. The van der Waals surface area contributed by atoms with Gasteiger partial charge in [0.15, 0.2) is 0 Å². The van der Waals surface area contributed by atoms with E-state index in [1.54, 1.807) is 0 Å². The first-order valence-electron chi connectivity index (χ1n) is 8.63. The quantitative estimate of drug-likeness (QED) is 0.771. The number of esters is 1. The standard InChI is InChI=1S/C13H13NO3/c1-9-11(8-12(15)16-2)14-13(17-9)10-6-4-3-5-7-10/h3-7H,8H2,1-2H3/i1D3,3D,4D,5D,6D,7D. The molecule has 1 heterocycles. The van der Waals surface area contributed by atoms with Crippen LogP contribution < -0.4 is 0 Å². The van der Waals surface area contributed by atoms with E-state index in [4.69, 9.17) is 15.4 Å². The lowest BCUT2D eigenvalue weighted by molar-refractivity contribution is -0.139. The topological polar surface area (TPSA) is 52.3 Å². The second-order valence-electron chi connectivity index (χ2n) is 3.05. The van der Waals surface area contributed by atoms with E-state index in [1.165, 1.54) is 0 Å². The summed E-state index contributed by atoms with van der Waals surface area (Å²) in [5, 5.41) is 0. The summed E-state index contributed by atoms with van der Waals surface area (Å²) < 4.78 is 70.7. The Balaban J connectivity index is 2.72. The van der Waals surface area contributed by atoms with Crippen molar-refractivity contribution in [2.75, 3.05) is 7.11 Å². The Morgan fingerprint density at radius 2 is 2.29 bits per heavy atom. The van der Waals surface area contributed by atoms with Crippen molar-refractivity contribution in [3.8, 4) is 11.5 Å². The average molecular weight is 239 g/mol. The van der Waals surface area contributed by atoms with Crippen LogP contribution in [0.3, 0.4) is 0 Å². The third kappa shape index (κ3) is 2.53.